The maximum atomic E-state index is 8.91. The van der Waals surface area contributed by atoms with Crippen LogP contribution in [0, 0.1) is 17.2 Å². The summed E-state index contributed by atoms with van der Waals surface area (Å²) in [5.74, 6) is 2.59. The smallest absolute Gasteiger partial charge is 0.258 e. The van der Waals surface area contributed by atoms with E-state index in [-0.39, 0.29) is 0 Å². The van der Waals surface area contributed by atoms with E-state index in [1.54, 1.807) is 0 Å². The Morgan fingerprint density at radius 1 is 1.24 bits per heavy atom. The van der Waals surface area contributed by atoms with Crippen LogP contribution in [0.25, 0.3) is 11.5 Å². The lowest BCUT2D eigenvalue weighted by Gasteiger charge is -2.23. The number of nitrogens with zero attached hydrogens (tertiary/aromatic N) is 3. The first-order valence-electron chi connectivity index (χ1n) is 7.56. The predicted molar refractivity (Wildman–Crippen MR) is 79.4 cm³/mol. The van der Waals surface area contributed by atoms with Crippen molar-refractivity contribution in [3.05, 3.63) is 35.7 Å². The molecule has 1 heterocycles. The minimum atomic E-state index is 0.356. The molecule has 1 saturated carbocycles. The van der Waals surface area contributed by atoms with E-state index in [0.29, 0.717) is 18.2 Å². The molecule has 0 N–H and O–H groups in total. The molecule has 0 spiro atoms. The summed E-state index contributed by atoms with van der Waals surface area (Å²) in [6.45, 7) is 2.30. The summed E-state index contributed by atoms with van der Waals surface area (Å²) in [4.78, 5) is 4.58. The molecule has 3 rings (SSSR count). The Hall–Kier alpha value is -2.15. The van der Waals surface area contributed by atoms with Crippen LogP contribution in [0.2, 0.25) is 0 Å². The van der Waals surface area contributed by atoms with Gasteiger partial charge in [-0.15, -0.1) is 0 Å². The van der Waals surface area contributed by atoms with Crippen molar-refractivity contribution in [3.8, 4) is 17.5 Å². The molecule has 0 radical (unpaired) electrons. The van der Waals surface area contributed by atoms with Crippen molar-refractivity contribution in [2.45, 2.75) is 44.9 Å². The SMILES string of the molecule is CC1CCC(c2noc(-c3ccccc3CC#N)n2)CC1. The van der Waals surface area contributed by atoms with Crippen LogP contribution in [0.4, 0.5) is 0 Å². The van der Waals surface area contributed by atoms with Crippen LogP contribution in [0.15, 0.2) is 28.8 Å². The van der Waals surface area contributed by atoms with Gasteiger partial charge in [0.05, 0.1) is 12.5 Å². The maximum absolute atomic E-state index is 8.91. The molecule has 1 aromatic heterocycles. The van der Waals surface area contributed by atoms with Gasteiger partial charge in [0.25, 0.3) is 5.89 Å². The van der Waals surface area contributed by atoms with E-state index in [9.17, 15) is 0 Å². The Morgan fingerprint density at radius 2 is 2.00 bits per heavy atom. The molecule has 0 aliphatic heterocycles. The Morgan fingerprint density at radius 3 is 2.76 bits per heavy atom. The monoisotopic (exact) mass is 281 g/mol. The summed E-state index contributed by atoms with van der Waals surface area (Å²) in [6.07, 6.45) is 5.11. The Labute approximate surface area is 124 Å². The lowest BCUT2D eigenvalue weighted by atomic mass is 9.83. The van der Waals surface area contributed by atoms with Crippen molar-refractivity contribution in [2.75, 3.05) is 0 Å². The van der Waals surface area contributed by atoms with E-state index in [2.05, 4.69) is 23.1 Å². The highest BCUT2D eigenvalue weighted by atomic mass is 16.5. The largest absolute Gasteiger partial charge is 0.334 e. The van der Waals surface area contributed by atoms with Gasteiger partial charge < -0.3 is 4.52 Å². The number of nitriles is 1. The topological polar surface area (TPSA) is 62.7 Å². The van der Waals surface area contributed by atoms with Crippen LogP contribution < -0.4 is 0 Å². The van der Waals surface area contributed by atoms with E-state index in [1.165, 1.54) is 12.8 Å². The van der Waals surface area contributed by atoms with E-state index in [4.69, 9.17) is 9.78 Å². The first-order chi connectivity index (χ1) is 10.3. The average molecular weight is 281 g/mol. The lowest BCUT2D eigenvalue weighted by molar-refractivity contribution is 0.329. The first kappa shape index (κ1) is 13.8. The van der Waals surface area contributed by atoms with Crippen molar-refractivity contribution < 1.29 is 4.52 Å². The molecule has 2 aromatic rings. The molecule has 1 fully saturated rings. The van der Waals surface area contributed by atoms with Crippen molar-refractivity contribution in [1.82, 2.24) is 10.1 Å². The summed E-state index contributed by atoms with van der Waals surface area (Å²) in [5.41, 5.74) is 1.81. The minimum Gasteiger partial charge on any atom is -0.334 e. The van der Waals surface area contributed by atoms with E-state index >= 15 is 0 Å². The van der Waals surface area contributed by atoms with Crippen LogP contribution in [-0.4, -0.2) is 10.1 Å². The molecule has 1 aliphatic rings. The van der Waals surface area contributed by atoms with Crippen LogP contribution in [0.3, 0.4) is 0 Å². The third kappa shape index (κ3) is 2.97. The molecule has 0 saturated heterocycles. The van der Waals surface area contributed by atoms with Gasteiger partial charge in [-0.1, -0.05) is 43.1 Å². The highest BCUT2D eigenvalue weighted by molar-refractivity contribution is 5.59. The molecule has 1 aliphatic carbocycles. The molecule has 0 unspecified atom stereocenters. The number of rotatable bonds is 3. The predicted octanol–water partition coefficient (Wildman–Crippen LogP) is 4.10. The number of benzene rings is 1. The second kappa shape index (κ2) is 6.09. The third-order valence-electron chi connectivity index (χ3n) is 4.34. The standard InChI is InChI=1S/C17H19N3O/c1-12-6-8-14(9-7-12)16-19-17(21-20-16)15-5-3-2-4-13(15)10-11-18/h2-5,12,14H,6-10H2,1H3. The number of aromatic nitrogens is 2. The lowest BCUT2D eigenvalue weighted by Crippen LogP contribution is -2.11. The molecule has 0 atom stereocenters. The van der Waals surface area contributed by atoms with Crippen molar-refractivity contribution in [2.24, 2.45) is 5.92 Å². The fourth-order valence-corrected chi connectivity index (χ4v) is 3.00. The van der Waals surface area contributed by atoms with Gasteiger partial charge >= 0.3 is 0 Å². The van der Waals surface area contributed by atoms with Gasteiger partial charge in [0.15, 0.2) is 5.82 Å². The Bertz CT molecular complexity index is 648. The third-order valence-corrected chi connectivity index (χ3v) is 4.34. The van der Waals surface area contributed by atoms with Crippen molar-refractivity contribution in [3.63, 3.8) is 0 Å². The highest BCUT2D eigenvalue weighted by Crippen LogP contribution is 2.35. The number of hydrogen-bond acceptors (Lipinski definition) is 4. The molecule has 1 aromatic carbocycles. The van der Waals surface area contributed by atoms with Gasteiger partial charge in [0.1, 0.15) is 0 Å². The summed E-state index contributed by atoms with van der Waals surface area (Å²) < 4.78 is 5.45. The molecule has 0 amide bonds. The van der Waals surface area contributed by atoms with Gasteiger partial charge in [-0.05, 0) is 30.4 Å². The van der Waals surface area contributed by atoms with Crippen LogP contribution in [0.5, 0.6) is 0 Å². The molecule has 21 heavy (non-hydrogen) atoms. The quantitative estimate of drug-likeness (QED) is 0.849. The van der Waals surface area contributed by atoms with E-state index in [0.717, 1.165) is 35.7 Å². The summed E-state index contributed by atoms with van der Waals surface area (Å²) in [7, 11) is 0. The van der Waals surface area contributed by atoms with E-state index < -0.39 is 0 Å². The molecule has 0 bridgehead atoms. The summed E-state index contributed by atoms with van der Waals surface area (Å²) in [6, 6.07) is 9.91. The molecular weight excluding hydrogens is 262 g/mol. The zero-order chi connectivity index (χ0) is 14.7. The number of hydrogen-bond donors (Lipinski definition) is 0. The van der Waals surface area contributed by atoms with Crippen LogP contribution in [-0.2, 0) is 6.42 Å². The van der Waals surface area contributed by atoms with Gasteiger partial charge in [-0.2, -0.15) is 10.2 Å². The second-order valence-electron chi connectivity index (χ2n) is 5.91. The summed E-state index contributed by atoms with van der Waals surface area (Å²) in [5, 5.41) is 13.1. The van der Waals surface area contributed by atoms with Gasteiger partial charge in [-0.3, -0.25) is 0 Å². The maximum Gasteiger partial charge on any atom is 0.258 e. The minimum absolute atomic E-state index is 0.356. The molecular formula is C17H19N3O. The van der Waals surface area contributed by atoms with Crippen molar-refractivity contribution in [1.29, 1.82) is 5.26 Å². The molecule has 108 valence electrons. The molecule has 4 heteroatoms. The van der Waals surface area contributed by atoms with Gasteiger partial charge in [0, 0.05) is 11.5 Å². The Kier molecular flexibility index (Phi) is 4.01. The fourth-order valence-electron chi connectivity index (χ4n) is 3.00. The Balaban J connectivity index is 1.84. The fraction of sp³-hybridized carbons (Fsp3) is 0.471. The van der Waals surface area contributed by atoms with Gasteiger partial charge in [-0.25, -0.2) is 0 Å². The molecule has 4 nitrogen and oxygen atoms in total. The average Bonchev–Trinajstić information content (AvgIpc) is 2.99. The van der Waals surface area contributed by atoms with Gasteiger partial charge in [0.2, 0.25) is 0 Å². The zero-order valence-electron chi connectivity index (χ0n) is 12.2. The normalized spacial score (nSPS) is 21.9. The van der Waals surface area contributed by atoms with E-state index in [1.807, 2.05) is 24.3 Å². The van der Waals surface area contributed by atoms with Crippen LogP contribution in [0.1, 0.15) is 49.9 Å². The highest BCUT2D eigenvalue weighted by Gasteiger charge is 2.24. The second-order valence-corrected chi connectivity index (χ2v) is 5.91. The van der Waals surface area contributed by atoms with Crippen LogP contribution >= 0.6 is 0 Å². The zero-order valence-corrected chi connectivity index (χ0v) is 12.2. The first-order valence-corrected chi connectivity index (χ1v) is 7.56. The summed E-state index contributed by atoms with van der Waals surface area (Å²) >= 11 is 0. The van der Waals surface area contributed by atoms with Crippen molar-refractivity contribution >= 4 is 0 Å².